The highest BCUT2D eigenvalue weighted by molar-refractivity contribution is 5.81. The van der Waals surface area contributed by atoms with E-state index < -0.39 is 18.6 Å². The van der Waals surface area contributed by atoms with E-state index in [1.165, 1.54) is 0 Å². The Bertz CT molecular complexity index is 670. The van der Waals surface area contributed by atoms with Gasteiger partial charge in [-0.2, -0.15) is 13.2 Å². The van der Waals surface area contributed by atoms with Crippen LogP contribution >= 0.6 is 0 Å². The molecule has 0 saturated carbocycles. The van der Waals surface area contributed by atoms with Gasteiger partial charge in [0.2, 0.25) is 5.91 Å². The second-order valence-electron chi connectivity index (χ2n) is 8.14. The summed E-state index contributed by atoms with van der Waals surface area (Å²) in [4.78, 5) is 13.2. The smallest absolute Gasteiger partial charge is 0.329 e. The lowest BCUT2D eigenvalue weighted by Gasteiger charge is -2.34. The second-order valence-corrected chi connectivity index (χ2v) is 8.14. The van der Waals surface area contributed by atoms with E-state index >= 15 is 0 Å². The summed E-state index contributed by atoms with van der Waals surface area (Å²) in [5.41, 5.74) is 3.91. The van der Waals surface area contributed by atoms with Gasteiger partial charge in [-0.15, -0.1) is 0 Å². The number of nitrogens with zero attached hydrogens (tertiary/aromatic N) is 1. The molecule has 138 valence electrons. The molecule has 0 aliphatic carbocycles. The minimum absolute atomic E-state index is 0.0472. The number of hydrogen-bond acceptors (Lipinski definition) is 2. The first-order chi connectivity index (χ1) is 11.5. The molecular formula is C19H25F3N2O. The molecule has 1 amide bonds. The molecule has 1 aromatic rings. The zero-order chi connectivity index (χ0) is 18.4. The Labute approximate surface area is 146 Å². The van der Waals surface area contributed by atoms with Gasteiger partial charge >= 0.3 is 6.18 Å². The molecule has 1 saturated heterocycles. The van der Waals surface area contributed by atoms with E-state index in [2.05, 4.69) is 32.2 Å². The summed E-state index contributed by atoms with van der Waals surface area (Å²) < 4.78 is 38.4. The van der Waals surface area contributed by atoms with Gasteiger partial charge in [0.05, 0.1) is 6.42 Å². The molecule has 1 fully saturated rings. The summed E-state index contributed by atoms with van der Waals surface area (Å²) in [5.74, 6) is -0.443. The average Bonchev–Trinajstić information content (AvgIpc) is 2.98. The number of nitrogens with one attached hydrogen (secondary N) is 1. The molecule has 25 heavy (non-hydrogen) atoms. The third-order valence-electron chi connectivity index (χ3n) is 5.09. The Hall–Kier alpha value is -1.56. The first kappa shape index (κ1) is 18.2. The molecule has 0 aromatic heterocycles. The highest BCUT2D eigenvalue weighted by Crippen LogP contribution is 2.36. The molecule has 2 aliphatic rings. The Kier molecular flexibility index (Phi) is 4.60. The van der Waals surface area contributed by atoms with Gasteiger partial charge in [-0.1, -0.05) is 32.9 Å². The van der Waals surface area contributed by atoms with E-state index in [1.807, 2.05) is 6.07 Å². The van der Waals surface area contributed by atoms with Crippen molar-refractivity contribution in [3.05, 3.63) is 34.4 Å². The monoisotopic (exact) mass is 354 g/mol. The van der Waals surface area contributed by atoms with E-state index in [1.54, 1.807) is 0 Å². The van der Waals surface area contributed by atoms with Crippen molar-refractivity contribution in [3.8, 4) is 0 Å². The Morgan fingerprint density at radius 1 is 1.24 bits per heavy atom. The van der Waals surface area contributed by atoms with Crippen LogP contribution in [0.5, 0.6) is 0 Å². The molecule has 0 radical (unpaired) electrons. The SMILES string of the molecule is CC(C)(C)c1cc2c(c([C@@H]3CCCN3)c1)CN(CC(F)(F)F)C(=O)C2. The minimum atomic E-state index is -4.37. The standard InChI is InChI=1S/C19H25F3N2O/c1-18(2,3)13-7-12-8-17(25)24(11-19(20,21)22)10-15(12)14(9-13)16-5-4-6-23-16/h7,9,16,23H,4-6,8,10-11H2,1-3H3/t16-/m0/s1. The summed E-state index contributed by atoms with van der Waals surface area (Å²) in [6.45, 7) is 6.13. The van der Waals surface area contributed by atoms with Crippen molar-refractivity contribution in [1.82, 2.24) is 10.2 Å². The maximum atomic E-state index is 12.8. The molecule has 1 N–H and O–H groups in total. The number of alkyl halides is 3. The fourth-order valence-corrected chi connectivity index (χ4v) is 3.72. The molecule has 1 aromatic carbocycles. The maximum Gasteiger partial charge on any atom is 0.406 e. The summed E-state index contributed by atoms with van der Waals surface area (Å²) in [6, 6.07) is 4.30. The van der Waals surface area contributed by atoms with Gasteiger partial charge in [-0.25, -0.2) is 0 Å². The Morgan fingerprint density at radius 3 is 2.52 bits per heavy atom. The molecule has 0 spiro atoms. The van der Waals surface area contributed by atoms with Crippen molar-refractivity contribution >= 4 is 5.91 Å². The van der Waals surface area contributed by atoms with Crippen LogP contribution in [0, 0.1) is 0 Å². The normalized spacial score (nSPS) is 21.6. The van der Waals surface area contributed by atoms with Crippen LogP contribution in [0.4, 0.5) is 13.2 Å². The molecule has 1 atom stereocenters. The first-order valence-corrected chi connectivity index (χ1v) is 8.79. The van der Waals surface area contributed by atoms with Crippen molar-refractivity contribution in [1.29, 1.82) is 0 Å². The number of fused-ring (bicyclic) bond motifs is 1. The van der Waals surface area contributed by atoms with Crippen molar-refractivity contribution in [2.45, 2.75) is 64.2 Å². The summed E-state index contributed by atoms with van der Waals surface area (Å²) in [7, 11) is 0. The highest BCUT2D eigenvalue weighted by Gasteiger charge is 2.37. The number of benzene rings is 1. The van der Waals surface area contributed by atoms with Crippen LogP contribution in [-0.4, -0.2) is 30.1 Å². The zero-order valence-corrected chi connectivity index (χ0v) is 15.0. The molecule has 3 nitrogen and oxygen atoms in total. The lowest BCUT2D eigenvalue weighted by atomic mass is 9.80. The number of carbonyl (C=O) groups is 1. The van der Waals surface area contributed by atoms with Gasteiger partial charge in [-0.3, -0.25) is 4.79 Å². The van der Waals surface area contributed by atoms with Crippen LogP contribution in [0.2, 0.25) is 0 Å². The van der Waals surface area contributed by atoms with E-state index in [0.717, 1.165) is 46.5 Å². The van der Waals surface area contributed by atoms with Crippen LogP contribution in [0.25, 0.3) is 0 Å². The van der Waals surface area contributed by atoms with Gasteiger partial charge < -0.3 is 10.2 Å². The van der Waals surface area contributed by atoms with Gasteiger partial charge in [-0.05, 0) is 47.1 Å². The average molecular weight is 354 g/mol. The summed E-state index contributed by atoms with van der Waals surface area (Å²) in [5, 5.41) is 3.45. The molecule has 0 bridgehead atoms. The van der Waals surface area contributed by atoms with E-state index in [9.17, 15) is 18.0 Å². The number of rotatable bonds is 2. The third kappa shape index (κ3) is 4.00. The Morgan fingerprint density at radius 2 is 1.96 bits per heavy atom. The van der Waals surface area contributed by atoms with Crippen LogP contribution < -0.4 is 5.32 Å². The second kappa shape index (κ2) is 6.31. The summed E-state index contributed by atoms with van der Waals surface area (Å²) >= 11 is 0. The first-order valence-electron chi connectivity index (χ1n) is 8.79. The predicted molar refractivity (Wildman–Crippen MR) is 90.3 cm³/mol. The molecule has 6 heteroatoms. The molecular weight excluding hydrogens is 329 g/mol. The maximum absolute atomic E-state index is 12.8. The van der Waals surface area contributed by atoms with E-state index in [4.69, 9.17) is 0 Å². The minimum Gasteiger partial charge on any atom is -0.329 e. The fourth-order valence-electron chi connectivity index (χ4n) is 3.72. The van der Waals surface area contributed by atoms with Crippen molar-refractivity contribution in [2.75, 3.05) is 13.1 Å². The Balaban J connectivity index is 2.03. The lowest BCUT2D eigenvalue weighted by Crippen LogP contribution is -2.42. The van der Waals surface area contributed by atoms with E-state index in [-0.39, 0.29) is 24.4 Å². The molecule has 3 rings (SSSR count). The van der Waals surface area contributed by atoms with Gasteiger partial charge in [0.25, 0.3) is 0 Å². The van der Waals surface area contributed by atoms with Gasteiger partial charge in [0, 0.05) is 12.6 Å². The largest absolute Gasteiger partial charge is 0.406 e. The number of hydrogen-bond donors (Lipinski definition) is 1. The molecule has 2 aliphatic heterocycles. The highest BCUT2D eigenvalue weighted by atomic mass is 19.4. The van der Waals surface area contributed by atoms with Crippen molar-refractivity contribution in [3.63, 3.8) is 0 Å². The number of carbonyl (C=O) groups excluding carboxylic acids is 1. The van der Waals surface area contributed by atoms with E-state index in [0.29, 0.717) is 0 Å². The number of halogens is 3. The predicted octanol–water partition coefficient (Wildman–Crippen LogP) is 3.86. The van der Waals surface area contributed by atoms with Crippen LogP contribution in [0.3, 0.4) is 0 Å². The van der Waals surface area contributed by atoms with Crippen molar-refractivity contribution in [2.24, 2.45) is 0 Å². The lowest BCUT2D eigenvalue weighted by molar-refractivity contribution is -0.162. The van der Waals surface area contributed by atoms with Crippen LogP contribution in [-0.2, 0) is 23.2 Å². The fraction of sp³-hybridized carbons (Fsp3) is 0.632. The molecule has 2 heterocycles. The van der Waals surface area contributed by atoms with Crippen molar-refractivity contribution < 1.29 is 18.0 Å². The zero-order valence-electron chi connectivity index (χ0n) is 15.0. The van der Waals surface area contributed by atoms with Crippen LogP contribution in [0.15, 0.2) is 12.1 Å². The van der Waals surface area contributed by atoms with Crippen LogP contribution in [0.1, 0.15) is 61.9 Å². The molecule has 0 unspecified atom stereocenters. The quantitative estimate of drug-likeness (QED) is 0.875. The van der Waals surface area contributed by atoms with Gasteiger partial charge in [0.1, 0.15) is 6.54 Å². The van der Waals surface area contributed by atoms with Gasteiger partial charge in [0.15, 0.2) is 0 Å². The number of amides is 1. The summed E-state index contributed by atoms with van der Waals surface area (Å²) in [6.07, 6.45) is -2.28. The topological polar surface area (TPSA) is 32.3 Å². The third-order valence-corrected chi connectivity index (χ3v) is 5.09.